The lowest BCUT2D eigenvalue weighted by Crippen LogP contribution is -2.21. The number of carbonyl (C=O) groups is 1. The number of hydrogen-bond acceptors (Lipinski definition) is 5. The Morgan fingerprint density at radius 3 is 2.78 bits per heavy atom. The number of aromatic nitrogens is 4. The van der Waals surface area contributed by atoms with Crippen molar-refractivity contribution in [1.82, 2.24) is 19.7 Å². The number of rotatable bonds is 5. The van der Waals surface area contributed by atoms with E-state index in [4.69, 9.17) is 9.72 Å². The summed E-state index contributed by atoms with van der Waals surface area (Å²) in [5.41, 5.74) is 1.56. The lowest BCUT2D eigenvalue weighted by Gasteiger charge is -2.21. The number of hydrogen-bond donors (Lipinski definition) is 1. The van der Waals surface area contributed by atoms with Gasteiger partial charge in [0.25, 0.3) is 0 Å². The minimum atomic E-state index is -0.987. The highest BCUT2D eigenvalue weighted by atomic mass is 16.5. The number of para-hydroxylation sites is 1. The van der Waals surface area contributed by atoms with Gasteiger partial charge in [-0.3, -0.25) is 4.98 Å². The summed E-state index contributed by atoms with van der Waals surface area (Å²) in [4.78, 5) is 20.4. The normalized spacial score (nSPS) is 17.0. The van der Waals surface area contributed by atoms with E-state index in [1.807, 2.05) is 18.2 Å². The molecule has 1 fully saturated rings. The molecule has 0 amide bonds. The van der Waals surface area contributed by atoms with Crippen LogP contribution in [0.2, 0.25) is 0 Å². The van der Waals surface area contributed by atoms with E-state index in [1.165, 1.54) is 0 Å². The molecular weight excluding hydrogens is 344 g/mol. The molecule has 1 aliphatic heterocycles. The van der Waals surface area contributed by atoms with Gasteiger partial charge in [-0.2, -0.15) is 0 Å². The standard InChI is InChI=1S/C20H20N4O3/c25-20(26)16-5-1-2-6-17(16)24-18(12-14-4-3-11-27-13-14)22-19(23-24)15-7-9-21-10-8-15/h1-2,5-10,14H,3-4,11-13H2,(H,25,26)/t14-/m1/s1. The molecule has 0 saturated carbocycles. The van der Waals surface area contributed by atoms with Crippen molar-refractivity contribution in [2.45, 2.75) is 19.3 Å². The van der Waals surface area contributed by atoms with Gasteiger partial charge in [0.1, 0.15) is 5.82 Å². The average Bonchev–Trinajstić information content (AvgIpc) is 3.13. The maximum Gasteiger partial charge on any atom is 0.337 e. The third kappa shape index (κ3) is 3.73. The van der Waals surface area contributed by atoms with Crippen LogP contribution < -0.4 is 0 Å². The van der Waals surface area contributed by atoms with Crippen molar-refractivity contribution < 1.29 is 14.6 Å². The Labute approximate surface area is 156 Å². The molecule has 0 aliphatic carbocycles. The molecule has 7 nitrogen and oxygen atoms in total. The van der Waals surface area contributed by atoms with Gasteiger partial charge in [-0.05, 0) is 43.0 Å². The minimum absolute atomic E-state index is 0.199. The molecule has 7 heteroatoms. The van der Waals surface area contributed by atoms with Gasteiger partial charge in [-0.15, -0.1) is 5.10 Å². The quantitative estimate of drug-likeness (QED) is 0.748. The highest BCUT2D eigenvalue weighted by Gasteiger charge is 2.22. The zero-order valence-electron chi connectivity index (χ0n) is 14.8. The maximum atomic E-state index is 11.7. The first kappa shape index (κ1) is 17.4. The Balaban J connectivity index is 1.79. The molecule has 1 aromatic carbocycles. The van der Waals surface area contributed by atoms with Crippen molar-refractivity contribution in [3.05, 3.63) is 60.2 Å². The lowest BCUT2D eigenvalue weighted by molar-refractivity contribution is 0.0541. The summed E-state index contributed by atoms with van der Waals surface area (Å²) in [5.74, 6) is 0.665. The van der Waals surface area contributed by atoms with E-state index in [9.17, 15) is 9.90 Å². The number of carboxylic acids is 1. The van der Waals surface area contributed by atoms with Crippen molar-refractivity contribution in [2.24, 2.45) is 5.92 Å². The van der Waals surface area contributed by atoms with Crippen LogP contribution in [0, 0.1) is 5.92 Å². The van der Waals surface area contributed by atoms with Gasteiger partial charge in [0.05, 0.1) is 11.3 Å². The third-order valence-electron chi connectivity index (χ3n) is 4.70. The molecule has 3 heterocycles. The van der Waals surface area contributed by atoms with Gasteiger partial charge in [-0.25, -0.2) is 14.5 Å². The van der Waals surface area contributed by atoms with E-state index in [0.717, 1.165) is 30.8 Å². The van der Waals surface area contributed by atoms with Crippen molar-refractivity contribution in [2.75, 3.05) is 13.2 Å². The number of carboxylic acid groups (broad SMARTS) is 1. The summed E-state index contributed by atoms with van der Waals surface area (Å²) in [7, 11) is 0. The van der Waals surface area contributed by atoms with Gasteiger partial charge in [0, 0.05) is 37.6 Å². The Morgan fingerprint density at radius 2 is 2.04 bits per heavy atom. The number of nitrogens with zero attached hydrogens (tertiary/aromatic N) is 4. The van der Waals surface area contributed by atoms with E-state index >= 15 is 0 Å². The molecule has 27 heavy (non-hydrogen) atoms. The molecule has 1 atom stereocenters. The van der Waals surface area contributed by atoms with Crippen LogP contribution in [-0.2, 0) is 11.2 Å². The fraction of sp³-hybridized carbons (Fsp3) is 0.300. The summed E-state index contributed by atoms with van der Waals surface area (Å²) >= 11 is 0. The first-order valence-corrected chi connectivity index (χ1v) is 8.99. The second-order valence-electron chi connectivity index (χ2n) is 6.61. The topological polar surface area (TPSA) is 90.1 Å². The molecule has 3 aromatic rings. The summed E-state index contributed by atoms with van der Waals surface area (Å²) in [6.45, 7) is 1.49. The molecule has 138 valence electrons. The number of aromatic carboxylic acids is 1. The van der Waals surface area contributed by atoms with Crippen molar-refractivity contribution >= 4 is 5.97 Å². The number of benzene rings is 1. The Morgan fingerprint density at radius 1 is 1.22 bits per heavy atom. The summed E-state index contributed by atoms with van der Waals surface area (Å²) < 4.78 is 7.25. The van der Waals surface area contributed by atoms with Crippen LogP contribution in [0.25, 0.3) is 17.1 Å². The van der Waals surface area contributed by atoms with Crippen molar-refractivity contribution in [3.8, 4) is 17.1 Å². The molecule has 1 aliphatic rings. The van der Waals surface area contributed by atoms with E-state index in [1.54, 1.807) is 35.3 Å². The van der Waals surface area contributed by atoms with Gasteiger partial charge in [-0.1, -0.05) is 12.1 Å². The Hall–Kier alpha value is -3.06. The van der Waals surface area contributed by atoms with E-state index in [0.29, 0.717) is 30.5 Å². The van der Waals surface area contributed by atoms with Crippen LogP contribution in [0.3, 0.4) is 0 Å². The molecule has 2 aromatic heterocycles. The predicted octanol–water partition coefficient (Wildman–Crippen LogP) is 3.00. The van der Waals surface area contributed by atoms with Crippen LogP contribution >= 0.6 is 0 Å². The highest BCUT2D eigenvalue weighted by Crippen LogP contribution is 2.24. The van der Waals surface area contributed by atoms with Crippen LogP contribution in [0.1, 0.15) is 29.0 Å². The summed E-state index contributed by atoms with van der Waals surface area (Å²) in [5, 5.41) is 14.2. The SMILES string of the molecule is O=C(O)c1ccccc1-n1nc(-c2ccncc2)nc1C[C@H]1CCCOC1. The molecule has 0 unspecified atom stereocenters. The average molecular weight is 364 g/mol. The van der Waals surface area contributed by atoms with Gasteiger partial charge in [0.2, 0.25) is 0 Å². The van der Waals surface area contributed by atoms with Gasteiger partial charge >= 0.3 is 5.97 Å². The van der Waals surface area contributed by atoms with Gasteiger partial charge in [0.15, 0.2) is 5.82 Å². The molecule has 4 rings (SSSR count). The fourth-order valence-electron chi connectivity index (χ4n) is 3.36. The fourth-order valence-corrected chi connectivity index (χ4v) is 3.36. The molecule has 1 N–H and O–H groups in total. The summed E-state index contributed by atoms with van der Waals surface area (Å²) in [6, 6.07) is 10.5. The molecular formula is C20H20N4O3. The van der Waals surface area contributed by atoms with Crippen LogP contribution in [0.5, 0.6) is 0 Å². The third-order valence-corrected chi connectivity index (χ3v) is 4.70. The first-order valence-electron chi connectivity index (χ1n) is 8.99. The predicted molar refractivity (Wildman–Crippen MR) is 98.8 cm³/mol. The first-order chi connectivity index (χ1) is 13.2. The summed E-state index contributed by atoms with van der Waals surface area (Å²) in [6.07, 6.45) is 6.16. The molecule has 0 radical (unpaired) electrons. The van der Waals surface area contributed by atoms with Gasteiger partial charge < -0.3 is 9.84 Å². The van der Waals surface area contributed by atoms with Crippen molar-refractivity contribution in [3.63, 3.8) is 0 Å². The maximum absolute atomic E-state index is 11.7. The number of ether oxygens (including phenoxy) is 1. The van der Waals surface area contributed by atoms with E-state index in [-0.39, 0.29) is 5.56 Å². The molecule has 0 spiro atoms. The highest BCUT2D eigenvalue weighted by molar-refractivity contribution is 5.91. The number of pyridine rings is 1. The van der Waals surface area contributed by atoms with E-state index < -0.39 is 5.97 Å². The second-order valence-corrected chi connectivity index (χ2v) is 6.61. The van der Waals surface area contributed by atoms with Crippen LogP contribution in [-0.4, -0.2) is 44.0 Å². The molecule has 1 saturated heterocycles. The van der Waals surface area contributed by atoms with Crippen LogP contribution in [0.15, 0.2) is 48.8 Å². The smallest absolute Gasteiger partial charge is 0.337 e. The Bertz CT molecular complexity index is 933. The van der Waals surface area contributed by atoms with Crippen LogP contribution in [0.4, 0.5) is 0 Å². The van der Waals surface area contributed by atoms with Crippen molar-refractivity contribution in [1.29, 1.82) is 0 Å². The minimum Gasteiger partial charge on any atom is -0.478 e. The van der Waals surface area contributed by atoms with E-state index in [2.05, 4.69) is 10.1 Å². The second kappa shape index (κ2) is 7.67. The lowest BCUT2D eigenvalue weighted by atomic mass is 9.98. The zero-order valence-corrected chi connectivity index (χ0v) is 14.8. The Kier molecular flexibility index (Phi) is 4.93. The monoisotopic (exact) mass is 364 g/mol. The zero-order chi connectivity index (χ0) is 18.6. The molecule has 0 bridgehead atoms. The largest absolute Gasteiger partial charge is 0.478 e.